The second-order valence-corrected chi connectivity index (χ2v) is 7.82. The first-order chi connectivity index (χ1) is 11.6. The van der Waals surface area contributed by atoms with Gasteiger partial charge >= 0.3 is 0 Å². The predicted octanol–water partition coefficient (Wildman–Crippen LogP) is 3.17. The summed E-state index contributed by atoms with van der Waals surface area (Å²) in [6.07, 6.45) is 0.952. The van der Waals surface area contributed by atoms with E-state index in [1.54, 1.807) is 11.3 Å². The quantitative estimate of drug-likeness (QED) is 0.662. The van der Waals surface area contributed by atoms with Gasteiger partial charge in [-0.3, -0.25) is 4.79 Å². The van der Waals surface area contributed by atoms with Crippen LogP contribution in [0.25, 0.3) is 0 Å². The second-order valence-electron chi connectivity index (χ2n) is 5.74. The van der Waals surface area contributed by atoms with E-state index in [-0.39, 0.29) is 12.5 Å². The molecule has 1 fully saturated rings. The Labute approximate surface area is 159 Å². The van der Waals surface area contributed by atoms with Gasteiger partial charge in [0.1, 0.15) is 5.75 Å². The standard InChI is InChI=1S/C17H20IN3O2S/c1-13-12-24-17(19-13)21-8-2-7-20(9-10-21)16(22)11-23-15-5-3-14(18)4-6-15/h3-6,12H,2,7-11H2,1H3. The van der Waals surface area contributed by atoms with Gasteiger partial charge < -0.3 is 14.5 Å². The molecular weight excluding hydrogens is 437 g/mol. The van der Waals surface area contributed by atoms with Crippen LogP contribution in [0.3, 0.4) is 0 Å². The Morgan fingerprint density at radius 2 is 2.04 bits per heavy atom. The number of nitrogens with zero attached hydrogens (tertiary/aromatic N) is 3. The Morgan fingerprint density at radius 1 is 1.25 bits per heavy atom. The average molecular weight is 457 g/mol. The molecule has 0 atom stereocenters. The highest BCUT2D eigenvalue weighted by Gasteiger charge is 2.20. The summed E-state index contributed by atoms with van der Waals surface area (Å²) < 4.78 is 6.76. The molecule has 2 aromatic rings. The number of carbonyl (C=O) groups is 1. The molecule has 1 amide bonds. The number of halogens is 1. The number of benzene rings is 1. The number of hydrogen-bond donors (Lipinski definition) is 0. The molecule has 0 spiro atoms. The number of aromatic nitrogens is 1. The molecule has 3 rings (SSSR count). The van der Waals surface area contributed by atoms with Crippen LogP contribution in [0.1, 0.15) is 12.1 Å². The van der Waals surface area contributed by atoms with Crippen LogP contribution in [0.2, 0.25) is 0 Å². The van der Waals surface area contributed by atoms with Gasteiger partial charge in [-0.05, 0) is 60.2 Å². The summed E-state index contributed by atoms with van der Waals surface area (Å²) in [6, 6.07) is 7.73. The lowest BCUT2D eigenvalue weighted by Gasteiger charge is -2.21. The fourth-order valence-corrected chi connectivity index (χ4v) is 3.83. The van der Waals surface area contributed by atoms with E-state index < -0.39 is 0 Å². The number of carbonyl (C=O) groups excluding carboxylic acids is 1. The first kappa shape index (κ1) is 17.5. The maximum atomic E-state index is 12.4. The van der Waals surface area contributed by atoms with E-state index in [1.165, 1.54) is 0 Å². The summed E-state index contributed by atoms with van der Waals surface area (Å²) in [6.45, 7) is 5.35. The van der Waals surface area contributed by atoms with E-state index in [2.05, 4.69) is 37.9 Å². The van der Waals surface area contributed by atoms with Gasteiger partial charge in [0.25, 0.3) is 5.91 Å². The zero-order valence-electron chi connectivity index (χ0n) is 13.6. The van der Waals surface area contributed by atoms with E-state index in [9.17, 15) is 4.79 Å². The van der Waals surface area contributed by atoms with Gasteiger partial charge in [0.2, 0.25) is 0 Å². The molecule has 0 unspecified atom stereocenters. The van der Waals surface area contributed by atoms with Crippen molar-refractivity contribution in [3.8, 4) is 5.75 Å². The Bertz CT molecular complexity index is 689. The third kappa shape index (κ3) is 4.60. The molecule has 1 aliphatic heterocycles. The van der Waals surface area contributed by atoms with Crippen molar-refractivity contribution in [2.24, 2.45) is 0 Å². The van der Waals surface area contributed by atoms with Gasteiger partial charge in [-0.1, -0.05) is 0 Å². The molecule has 0 bridgehead atoms. The van der Waals surface area contributed by atoms with E-state index in [0.29, 0.717) is 6.54 Å². The molecule has 1 aliphatic rings. The summed E-state index contributed by atoms with van der Waals surface area (Å²) in [7, 11) is 0. The molecule has 1 aromatic heterocycles. The zero-order valence-corrected chi connectivity index (χ0v) is 16.5. The zero-order chi connectivity index (χ0) is 16.9. The lowest BCUT2D eigenvalue weighted by atomic mass is 10.3. The van der Waals surface area contributed by atoms with Crippen molar-refractivity contribution >= 4 is 45.0 Å². The number of anilines is 1. The van der Waals surface area contributed by atoms with Gasteiger partial charge in [-0.25, -0.2) is 4.98 Å². The number of aryl methyl sites for hydroxylation is 1. The number of amides is 1. The molecule has 1 aromatic carbocycles. The highest BCUT2D eigenvalue weighted by Crippen LogP contribution is 2.21. The summed E-state index contributed by atoms with van der Waals surface area (Å²) in [5, 5.41) is 3.12. The average Bonchev–Trinajstić information content (AvgIpc) is 2.86. The van der Waals surface area contributed by atoms with E-state index in [0.717, 1.165) is 46.2 Å². The van der Waals surface area contributed by atoms with Crippen LogP contribution < -0.4 is 9.64 Å². The van der Waals surface area contributed by atoms with E-state index in [4.69, 9.17) is 4.74 Å². The number of thiazole rings is 1. The number of rotatable bonds is 4. The Hall–Kier alpha value is -1.35. The Kier molecular flexibility index (Phi) is 5.94. The number of hydrogen-bond acceptors (Lipinski definition) is 5. The van der Waals surface area contributed by atoms with Crippen molar-refractivity contribution in [2.45, 2.75) is 13.3 Å². The summed E-state index contributed by atoms with van der Waals surface area (Å²) in [4.78, 5) is 21.1. The minimum atomic E-state index is 0.0470. The maximum Gasteiger partial charge on any atom is 0.260 e. The largest absolute Gasteiger partial charge is 0.484 e. The molecule has 0 saturated carbocycles. The van der Waals surface area contributed by atoms with Gasteiger partial charge in [0, 0.05) is 35.1 Å². The Morgan fingerprint density at radius 3 is 2.75 bits per heavy atom. The van der Waals surface area contributed by atoms with Crippen LogP contribution in [0, 0.1) is 10.5 Å². The molecule has 0 N–H and O–H groups in total. The predicted molar refractivity (Wildman–Crippen MR) is 105 cm³/mol. The monoisotopic (exact) mass is 457 g/mol. The molecule has 7 heteroatoms. The van der Waals surface area contributed by atoms with Crippen molar-refractivity contribution in [3.05, 3.63) is 38.9 Å². The smallest absolute Gasteiger partial charge is 0.260 e. The molecule has 0 aliphatic carbocycles. The fourth-order valence-electron chi connectivity index (χ4n) is 2.61. The summed E-state index contributed by atoms with van der Waals surface area (Å²) in [5.41, 5.74) is 1.05. The SMILES string of the molecule is Cc1csc(N2CCCN(C(=O)COc3ccc(I)cc3)CC2)n1. The summed E-state index contributed by atoms with van der Waals surface area (Å²) in [5.74, 6) is 0.782. The van der Waals surface area contributed by atoms with Crippen LogP contribution in [0.4, 0.5) is 5.13 Å². The van der Waals surface area contributed by atoms with Crippen LogP contribution in [0.15, 0.2) is 29.6 Å². The van der Waals surface area contributed by atoms with Crippen LogP contribution in [0.5, 0.6) is 5.75 Å². The van der Waals surface area contributed by atoms with Crippen molar-refractivity contribution in [3.63, 3.8) is 0 Å². The van der Waals surface area contributed by atoms with E-state index >= 15 is 0 Å². The van der Waals surface area contributed by atoms with Gasteiger partial charge in [-0.15, -0.1) is 11.3 Å². The fraction of sp³-hybridized carbons (Fsp3) is 0.412. The van der Waals surface area contributed by atoms with Gasteiger partial charge in [0.15, 0.2) is 11.7 Å². The van der Waals surface area contributed by atoms with E-state index in [1.807, 2.05) is 36.1 Å². The Balaban J connectivity index is 1.51. The number of ether oxygens (including phenoxy) is 1. The molecule has 5 nitrogen and oxygen atoms in total. The molecule has 24 heavy (non-hydrogen) atoms. The summed E-state index contributed by atoms with van der Waals surface area (Å²) >= 11 is 3.92. The first-order valence-corrected chi connectivity index (χ1v) is 9.91. The molecule has 1 saturated heterocycles. The van der Waals surface area contributed by atoms with Crippen LogP contribution >= 0.6 is 33.9 Å². The van der Waals surface area contributed by atoms with Gasteiger partial charge in [-0.2, -0.15) is 0 Å². The van der Waals surface area contributed by atoms with Crippen molar-refractivity contribution < 1.29 is 9.53 Å². The van der Waals surface area contributed by atoms with Gasteiger partial charge in [0.05, 0.1) is 5.69 Å². The van der Waals surface area contributed by atoms with Crippen LogP contribution in [-0.4, -0.2) is 48.6 Å². The molecule has 2 heterocycles. The maximum absolute atomic E-state index is 12.4. The highest BCUT2D eigenvalue weighted by atomic mass is 127. The van der Waals surface area contributed by atoms with Crippen LogP contribution in [-0.2, 0) is 4.79 Å². The third-order valence-corrected chi connectivity index (χ3v) is 5.64. The first-order valence-electron chi connectivity index (χ1n) is 7.95. The second kappa shape index (κ2) is 8.15. The molecule has 0 radical (unpaired) electrons. The van der Waals surface area contributed by atoms with Crippen molar-refractivity contribution in [2.75, 3.05) is 37.7 Å². The highest BCUT2D eigenvalue weighted by molar-refractivity contribution is 14.1. The van der Waals surface area contributed by atoms with Crippen molar-refractivity contribution in [1.82, 2.24) is 9.88 Å². The third-order valence-electron chi connectivity index (χ3n) is 3.90. The normalized spacial score (nSPS) is 15.2. The minimum Gasteiger partial charge on any atom is -0.484 e. The lowest BCUT2D eigenvalue weighted by Crippen LogP contribution is -2.38. The molecule has 128 valence electrons. The minimum absolute atomic E-state index is 0.0470. The molecular formula is C17H20IN3O2S. The van der Waals surface area contributed by atoms with Crippen molar-refractivity contribution in [1.29, 1.82) is 0 Å². The topological polar surface area (TPSA) is 45.7 Å². The lowest BCUT2D eigenvalue weighted by molar-refractivity contribution is -0.133.